The van der Waals surface area contributed by atoms with Crippen molar-refractivity contribution in [3.63, 3.8) is 0 Å². The molecule has 1 aromatic carbocycles. The highest BCUT2D eigenvalue weighted by atomic mass is 79.9. The Morgan fingerprint density at radius 2 is 2.13 bits per heavy atom. The van der Waals surface area contributed by atoms with Crippen molar-refractivity contribution in [3.8, 4) is 0 Å². The van der Waals surface area contributed by atoms with Gasteiger partial charge in [0.05, 0.1) is 5.71 Å². The lowest BCUT2D eigenvalue weighted by atomic mass is 10.0. The molecule has 1 heterocycles. The van der Waals surface area contributed by atoms with Gasteiger partial charge in [-0.15, -0.1) is 0 Å². The molecule has 0 N–H and O–H groups in total. The van der Waals surface area contributed by atoms with Crippen LogP contribution in [0.4, 0.5) is 0 Å². The van der Waals surface area contributed by atoms with E-state index in [2.05, 4.69) is 21.1 Å². The van der Waals surface area contributed by atoms with Gasteiger partial charge >= 0.3 is 0 Å². The smallest absolute Gasteiger partial charge is 0.190 e. The van der Waals surface area contributed by atoms with Crippen molar-refractivity contribution in [2.24, 2.45) is 5.16 Å². The zero-order valence-corrected chi connectivity index (χ0v) is 9.82. The minimum absolute atomic E-state index is 0.0193. The van der Waals surface area contributed by atoms with Gasteiger partial charge in [-0.25, -0.2) is 0 Å². The molecule has 0 saturated heterocycles. The lowest BCUT2D eigenvalue weighted by Crippen LogP contribution is -2.17. The number of hydrogen-bond donors (Lipinski definition) is 0. The molecule has 1 aliphatic heterocycles. The van der Waals surface area contributed by atoms with Crippen LogP contribution in [0.2, 0.25) is 0 Å². The zero-order valence-electron chi connectivity index (χ0n) is 8.24. The monoisotopic (exact) mass is 267 g/mol. The third-order valence-corrected chi connectivity index (χ3v) is 2.83. The van der Waals surface area contributed by atoms with Crippen molar-refractivity contribution in [2.45, 2.75) is 19.4 Å². The summed E-state index contributed by atoms with van der Waals surface area (Å²) in [5.74, 6) is 0.0193. The molecule has 15 heavy (non-hydrogen) atoms. The molecule has 0 radical (unpaired) electrons. The van der Waals surface area contributed by atoms with Gasteiger partial charge in [0, 0.05) is 10.9 Å². The summed E-state index contributed by atoms with van der Waals surface area (Å²) in [5, 5.41) is 3.92. The summed E-state index contributed by atoms with van der Waals surface area (Å²) >= 11 is 3.36. The average Bonchev–Trinajstić information content (AvgIpc) is 2.68. The van der Waals surface area contributed by atoms with E-state index in [1.807, 2.05) is 24.3 Å². The second-order valence-corrected chi connectivity index (χ2v) is 4.37. The van der Waals surface area contributed by atoms with Crippen LogP contribution in [0.15, 0.2) is 33.9 Å². The number of benzene rings is 1. The predicted octanol–water partition coefficient (Wildman–Crippen LogP) is 2.53. The summed E-state index contributed by atoms with van der Waals surface area (Å²) in [6.45, 7) is 1.52. The highest BCUT2D eigenvalue weighted by Crippen LogP contribution is 2.19. The van der Waals surface area contributed by atoms with Crippen LogP contribution in [0.5, 0.6) is 0 Å². The van der Waals surface area contributed by atoms with E-state index in [1.54, 1.807) is 0 Å². The molecular formula is C11H10BrNO2. The summed E-state index contributed by atoms with van der Waals surface area (Å²) in [6, 6.07) is 7.79. The molecule has 0 fully saturated rings. The average molecular weight is 268 g/mol. The summed E-state index contributed by atoms with van der Waals surface area (Å²) in [7, 11) is 0. The molecule has 78 valence electrons. The van der Waals surface area contributed by atoms with Crippen molar-refractivity contribution in [1.29, 1.82) is 0 Å². The molecule has 0 bridgehead atoms. The quantitative estimate of drug-likeness (QED) is 0.826. The van der Waals surface area contributed by atoms with Gasteiger partial charge in [0.1, 0.15) is 0 Å². The highest BCUT2D eigenvalue weighted by Gasteiger charge is 2.25. The molecule has 1 atom stereocenters. The van der Waals surface area contributed by atoms with Gasteiger partial charge in [-0.2, -0.15) is 0 Å². The van der Waals surface area contributed by atoms with E-state index >= 15 is 0 Å². The molecule has 0 spiro atoms. The zero-order chi connectivity index (χ0) is 10.8. The molecule has 0 saturated carbocycles. The van der Waals surface area contributed by atoms with Crippen LogP contribution in [0, 0.1) is 0 Å². The number of nitrogens with zero attached hydrogens (tertiary/aromatic N) is 1. The number of carbonyl (C=O) groups is 1. The first kappa shape index (κ1) is 10.4. The molecule has 3 nitrogen and oxygen atoms in total. The highest BCUT2D eigenvalue weighted by molar-refractivity contribution is 9.10. The second-order valence-electron chi connectivity index (χ2n) is 3.45. The van der Waals surface area contributed by atoms with Crippen molar-refractivity contribution in [1.82, 2.24) is 0 Å². The summed E-state index contributed by atoms with van der Waals surface area (Å²) in [5.41, 5.74) is 1.84. The Morgan fingerprint density at radius 3 is 2.67 bits per heavy atom. The minimum atomic E-state index is -0.399. The van der Waals surface area contributed by atoms with E-state index in [9.17, 15) is 4.79 Å². The minimum Gasteiger partial charge on any atom is -0.384 e. The van der Waals surface area contributed by atoms with Gasteiger partial charge in [-0.1, -0.05) is 33.2 Å². The van der Waals surface area contributed by atoms with E-state index in [-0.39, 0.29) is 5.78 Å². The largest absolute Gasteiger partial charge is 0.384 e. The standard InChI is InChI=1S/C11H10BrNO2/c1-7(14)11-6-10(13-15-11)8-2-4-9(12)5-3-8/h2-5,11H,6H2,1H3. The first-order valence-electron chi connectivity index (χ1n) is 4.66. The van der Waals surface area contributed by atoms with Crippen LogP contribution in [-0.2, 0) is 9.63 Å². The van der Waals surface area contributed by atoms with Crippen LogP contribution in [0.3, 0.4) is 0 Å². The normalized spacial score (nSPS) is 19.6. The summed E-state index contributed by atoms with van der Waals surface area (Å²) in [4.78, 5) is 16.1. The van der Waals surface area contributed by atoms with Gasteiger partial charge in [-0.05, 0) is 24.6 Å². The lowest BCUT2D eigenvalue weighted by molar-refractivity contribution is -0.126. The molecule has 0 aromatic heterocycles. The van der Waals surface area contributed by atoms with Gasteiger partial charge < -0.3 is 4.84 Å². The maximum atomic E-state index is 11.1. The molecule has 1 unspecified atom stereocenters. The molecule has 2 rings (SSSR count). The molecule has 4 heteroatoms. The predicted molar refractivity (Wildman–Crippen MR) is 60.9 cm³/mol. The van der Waals surface area contributed by atoms with E-state index in [0.717, 1.165) is 15.7 Å². The van der Waals surface area contributed by atoms with Crippen LogP contribution in [-0.4, -0.2) is 17.6 Å². The first-order valence-corrected chi connectivity index (χ1v) is 5.45. The van der Waals surface area contributed by atoms with E-state index in [0.29, 0.717) is 6.42 Å². The van der Waals surface area contributed by atoms with Crippen molar-refractivity contribution >= 4 is 27.4 Å². The number of carbonyl (C=O) groups excluding carboxylic acids is 1. The fourth-order valence-corrected chi connectivity index (χ4v) is 1.67. The van der Waals surface area contributed by atoms with Crippen molar-refractivity contribution in [2.75, 3.05) is 0 Å². The Morgan fingerprint density at radius 1 is 1.47 bits per heavy atom. The fourth-order valence-electron chi connectivity index (χ4n) is 1.41. The third-order valence-electron chi connectivity index (χ3n) is 2.30. The number of ketones is 1. The van der Waals surface area contributed by atoms with Gasteiger partial charge in [0.25, 0.3) is 0 Å². The number of rotatable bonds is 2. The fraction of sp³-hybridized carbons (Fsp3) is 0.273. The van der Waals surface area contributed by atoms with E-state index in [1.165, 1.54) is 6.92 Å². The molecule has 1 aromatic rings. The topological polar surface area (TPSA) is 38.7 Å². The number of halogens is 1. The number of oxime groups is 1. The number of Topliss-reactive ketones (excluding diaryl/α,β-unsaturated/α-hetero) is 1. The Hall–Kier alpha value is -1.16. The second kappa shape index (κ2) is 4.14. The molecule has 0 amide bonds. The number of hydrogen-bond acceptors (Lipinski definition) is 3. The van der Waals surface area contributed by atoms with E-state index in [4.69, 9.17) is 4.84 Å². The Kier molecular flexibility index (Phi) is 2.86. The molecule has 1 aliphatic rings. The Bertz CT molecular complexity index is 411. The Labute approximate surface area is 96.2 Å². The van der Waals surface area contributed by atoms with Crippen LogP contribution in [0.25, 0.3) is 0 Å². The maximum absolute atomic E-state index is 11.1. The third kappa shape index (κ3) is 2.26. The summed E-state index contributed by atoms with van der Waals surface area (Å²) in [6.07, 6.45) is 0.167. The maximum Gasteiger partial charge on any atom is 0.190 e. The van der Waals surface area contributed by atoms with Crippen LogP contribution in [0.1, 0.15) is 18.9 Å². The van der Waals surface area contributed by atoms with Gasteiger partial charge in [0.15, 0.2) is 11.9 Å². The summed E-state index contributed by atoms with van der Waals surface area (Å²) < 4.78 is 1.02. The Balaban J connectivity index is 2.14. The van der Waals surface area contributed by atoms with Gasteiger partial charge in [-0.3, -0.25) is 4.79 Å². The lowest BCUT2D eigenvalue weighted by Gasteiger charge is -2.01. The van der Waals surface area contributed by atoms with Crippen LogP contribution < -0.4 is 0 Å². The van der Waals surface area contributed by atoms with Crippen LogP contribution >= 0.6 is 15.9 Å². The molecule has 0 aliphatic carbocycles. The van der Waals surface area contributed by atoms with Crippen molar-refractivity contribution in [3.05, 3.63) is 34.3 Å². The molecular weight excluding hydrogens is 258 g/mol. The first-order chi connectivity index (χ1) is 7.16. The van der Waals surface area contributed by atoms with Crippen molar-refractivity contribution < 1.29 is 9.63 Å². The van der Waals surface area contributed by atoms with Gasteiger partial charge in [0.2, 0.25) is 0 Å². The van der Waals surface area contributed by atoms with E-state index < -0.39 is 6.10 Å². The SMILES string of the molecule is CC(=O)C1CC(c2ccc(Br)cc2)=NO1.